The van der Waals surface area contributed by atoms with Gasteiger partial charge in [0.05, 0.1) is 25.2 Å². The molecule has 2 amide bonds. The van der Waals surface area contributed by atoms with Crippen molar-refractivity contribution in [3.63, 3.8) is 0 Å². The van der Waals surface area contributed by atoms with Crippen LogP contribution in [0, 0.1) is 0 Å². The number of nitrogens with one attached hydrogen (secondary N) is 1. The van der Waals surface area contributed by atoms with Crippen molar-refractivity contribution in [2.45, 2.75) is 0 Å². The van der Waals surface area contributed by atoms with E-state index in [1.165, 1.54) is 24.4 Å². The van der Waals surface area contributed by atoms with Gasteiger partial charge in [-0.1, -0.05) is 0 Å². The third-order valence-corrected chi connectivity index (χ3v) is 1.47. The molecule has 0 saturated carbocycles. The van der Waals surface area contributed by atoms with E-state index in [1.54, 1.807) is 14.1 Å². The predicted molar refractivity (Wildman–Crippen MR) is 51.3 cm³/mol. The van der Waals surface area contributed by atoms with Crippen molar-refractivity contribution in [3.05, 3.63) is 12.4 Å². The first-order chi connectivity index (χ1) is 6.63. The van der Waals surface area contributed by atoms with Gasteiger partial charge in [-0.2, -0.15) is 0 Å². The second kappa shape index (κ2) is 4.40. The van der Waals surface area contributed by atoms with E-state index < -0.39 is 0 Å². The van der Waals surface area contributed by atoms with Crippen LogP contribution in [-0.2, 0) is 0 Å². The Labute approximate surface area is 81.9 Å². The molecular formula is C8H12N4O2. The summed E-state index contributed by atoms with van der Waals surface area (Å²) in [5.74, 6) is 0. The molecule has 0 unspecified atom stereocenters. The summed E-state index contributed by atoms with van der Waals surface area (Å²) in [6, 6.07) is 0.0478. The molecule has 1 aromatic rings. The maximum Gasteiger partial charge on any atom is 0.321 e. The first-order valence-electron chi connectivity index (χ1n) is 3.98. The molecule has 76 valence electrons. The van der Waals surface area contributed by atoms with Gasteiger partial charge >= 0.3 is 12.0 Å². The van der Waals surface area contributed by atoms with Crippen LogP contribution in [-0.4, -0.2) is 42.1 Å². The molecule has 0 bridgehead atoms. The van der Waals surface area contributed by atoms with Crippen LogP contribution in [0.25, 0.3) is 0 Å². The molecule has 0 spiro atoms. The fraction of sp³-hybridized carbons (Fsp3) is 0.375. The van der Waals surface area contributed by atoms with E-state index in [0.717, 1.165) is 0 Å². The van der Waals surface area contributed by atoms with Crippen LogP contribution in [0.1, 0.15) is 0 Å². The number of hydrogen-bond acceptors (Lipinski definition) is 4. The predicted octanol–water partition coefficient (Wildman–Crippen LogP) is 0.579. The van der Waals surface area contributed by atoms with Gasteiger partial charge in [0.15, 0.2) is 0 Å². The van der Waals surface area contributed by atoms with Crippen molar-refractivity contribution in [3.8, 4) is 6.01 Å². The molecule has 14 heavy (non-hydrogen) atoms. The second-order valence-electron chi connectivity index (χ2n) is 2.78. The van der Waals surface area contributed by atoms with E-state index in [1.807, 2.05) is 0 Å². The summed E-state index contributed by atoms with van der Waals surface area (Å²) in [6.07, 6.45) is 2.96. The number of carbonyl (C=O) groups is 1. The Morgan fingerprint density at radius 3 is 2.43 bits per heavy atom. The second-order valence-corrected chi connectivity index (χ2v) is 2.78. The molecule has 1 heterocycles. The van der Waals surface area contributed by atoms with Gasteiger partial charge in [0.25, 0.3) is 0 Å². The fourth-order valence-electron chi connectivity index (χ4n) is 0.721. The number of carbonyl (C=O) groups excluding carboxylic acids is 1. The molecule has 0 aromatic carbocycles. The topological polar surface area (TPSA) is 67.3 Å². The molecule has 0 radical (unpaired) electrons. The van der Waals surface area contributed by atoms with Crippen LogP contribution in [0.4, 0.5) is 10.5 Å². The Balaban J connectivity index is 2.64. The van der Waals surface area contributed by atoms with Crippen LogP contribution in [0.3, 0.4) is 0 Å². The average Bonchev–Trinajstić information content (AvgIpc) is 2.19. The molecule has 0 saturated heterocycles. The minimum Gasteiger partial charge on any atom is -0.467 e. The van der Waals surface area contributed by atoms with Gasteiger partial charge in [0.2, 0.25) is 0 Å². The Kier molecular flexibility index (Phi) is 3.22. The molecule has 0 atom stereocenters. The van der Waals surface area contributed by atoms with E-state index in [0.29, 0.717) is 5.69 Å². The Hall–Kier alpha value is -1.85. The Morgan fingerprint density at radius 2 is 2.00 bits per heavy atom. The lowest BCUT2D eigenvalue weighted by Gasteiger charge is -2.11. The number of urea groups is 1. The van der Waals surface area contributed by atoms with E-state index in [2.05, 4.69) is 15.3 Å². The lowest BCUT2D eigenvalue weighted by Crippen LogP contribution is -2.27. The number of methoxy groups -OCH3 is 1. The lowest BCUT2D eigenvalue weighted by atomic mass is 10.5. The van der Waals surface area contributed by atoms with Gasteiger partial charge < -0.3 is 15.0 Å². The number of amides is 2. The fourth-order valence-corrected chi connectivity index (χ4v) is 0.721. The Morgan fingerprint density at radius 1 is 1.43 bits per heavy atom. The van der Waals surface area contributed by atoms with E-state index in [4.69, 9.17) is 4.74 Å². The van der Waals surface area contributed by atoms with Gasteiger partial charge in [-0.15, -0.1) is 0 Å². The largest absolute Gasteiger partial charge is 0.467 e. The smallest absolute Gasteiger partial charge is 0.321 e. The van der Waals surface area contributed by atoms with Crippen molar-refractivity contribution in [1.82, 2.24) is 14.9 Å². The van der Waals surface area contributed by atoms with E-state index >= 15 is 0 Å². The molecular weight excluding hydrogens is 184 g/mol. The highest BCUT2D eigenvalue weighted by Gasteiger charge is 2.04. The zero-order valence-electron chi connectivity index (χ0n) is 8.31. The molecule has 1 rings (SSSR count). The highest BCUT2D eigenvalue weighted by Crippen LogP contribution is 2.06. The lowest BCUT2D eigenvalue weighted by molar-refractivity contribution is 0.230. The molecule has 0 aliphatic rings. The number of hydrogen-bond donors (Lipinski definition) is 1. The minimum absolute atomic E-state index is 0.223. The summed E-state index contributed by atoms with van der Waals surface area (Å²) in [5.41, 5.74) is 0.532. The molecule has 6 nitrogen and oxygen atoms in total. The maximum atomic E-state index is 11.2. The van der Waals surface area contributed by atoms with Crippen molar-refractivity contribution in [1.29, 1.82) is 0 Å². The Bertz CT molecular complexity index is 310. The molecule has 1 N–H and O–H groups in total. The molecule has 0 fully saturated rings. The van der Waals surface area contributed by atoms with Crippen LogP contribution in [0.5, 0.6) is 6.01 Å². The number of nitrogens with zero attached hydrogens (tertiary/aromatic N) is 3. The average molecular weight is 196 g/mol. The van der Waals surface area contributed by atoms with Crippen LogP contribution >= 0.6 is 0 Å². The number of rotatable bonds is 2. The number of anilines is 1. The SMILES string of the molecule is COc1ncc(NC(=O)N(C)C)cn1. The highest BCUT2D eigenvalue weighted by molar-refractivity contribution is 5.88. The van der Waals surface area contributed by atoms with Crippen molar-refractivity contribution >= 4 is 11.7 Å². The quantitative estimate of drug-likeness (QED) is 0.751. The summed E-state index contributed by atoms with van der Waals surface area (Å²) in [5, 5.41) is 2.60. The molecule has 6 heteroatoms. The molecule has 1 aromatic heterocycles. The van der Waals surface area contributed by atoms with Crippen LogP contribution < -0.4 is 10.1 Å². The summed E-state index contributed by atoms with van der Waals surface area (Å²) < 4.78 is 4.78. The van der Waals surface area contributed by atoms with Gasteiger partial charge in [-0.3, -0.25) is 0 Å². The maximum absolute atomic E-state index is 11.2. The molecule has 0 aliphatic carbocycles. The monoisotopic (exact) mass is 196 g/mol. The standard InChI is InChI=1S/C8H12N4O2/c1-12(2)8(13)11-6-4-9-7(14-3)10-5-6/h4-5H,1-3H3,(H,11,13). The van der Waals surface area contributed by atoms with Crippen molar-refractivity contribution < 1.29 is 9.53 Å². The van der Waals surface area contributed by atoms with Crippen molar-refractivity contribution in [2.24, 2.45) is 0 Å². The zero-order chi connectivity index (χ0) is 10.6. The normalized spacial score (nSPS) is 9.36. The van der Waals surface area contributed by atoms with Gasteiger partial charge in [-0.05, 0) is 0 Å². The first-order valence-corrected chi connectivity index (χ1v) is 3.98. The van der Waals surface area contributed by atoms with E-state index in [9.17, 15) is 4.79 Å². The zero-order valence-corrected chi connectivity index (χ0v) is 8.31. The van der Waals surface area contributed by atoms with Crippen LogP contribution in [0.2, 0.25) is 0 Å². The summed E-state index contributed by atoms with van der Waals surface area (Å²) in [7, 11) is 4.78. The minimum atomic E-state index is -0.223. The third kappa shape index (κ3) is 2.58. The van der Waals surface area contributed by atoms with Crippen LogP contribution in [0.15, 0.2) is 12.4 Å². The number of aromatic nitrogens is 2. The molecule has 0 aliphatic heterocycles. The summed E-state index contributed by atoms with van der Waals surface area (Å²) in [6.45, 7) is 0. The highest BCUT2D eigenvalue weighted by atomic mass is 16.5. The summed E-state index contributed by atoms with van der Waals surface area (Å²) in [4.78, 5) is 20.3. The third-order valence-electron chi connectivity index (χ3n) is 1.47. The van der Waals surface area contributed by atoms with Gasteiger partial charge in [0, 0.05) is 14.1 Å². The summed E-state index contributed by atoms with van der Waals surface area (Å²) >= 11 is 0. The number of ether oxygens (including phenoxy) is 1. The first kappa shape index (κ1) is 10.2. The van der Waals surface area contributed by atoms with Crippen molar-refractivity contribution in [2.75, 3.05) is 26.5 Å². The van der Waals surface area contributed by atoms with E-state index in [-0.39, 0.29) is 12.0 Å². The van der Waals surface area contributed by atoms with Gasteiger partial charge in [0.1, 0.15) is 0 Å². The van der Waals surface area contributed by atoms with Gasteiger partial charge in [-0.25, -0.2) is 14.8 Å².